The monoisotopic (exact) mass is 285 g/mol. The predicted molar refractivity (Wildman–Crippen MR) is 79.7 cm³/mol. The zero-order valence-corrected chi connectivity index (χ0v) is 12.6. The van der Waals surface area contributed by atoms with Gasteiger partial charge < -0.3 is 4.90 Å². The Morgan fingerprint density at radius 2 is 1.83 bits per heavy atom. The molecule has 1 fully saturated rings. The molecule has 0 aromatic heterocycles. The minimum absolute atomic E-state index is 0.635. The summed E-state index contributed by atoms with van der Waals surface area (Å²) >= 11 is 12.1. The molecule has 1 unspecified atom stereocenters. The van der Waals surface area contributed by atoms with Crippen LogP contribution in [0.2, 0.25) is 10.0 Å². The lowest BCUT2D eigenvalue weighted by molar-refractivity contribution is 0.233. The number of benzene rings is 1. The zero-order valence-electron chi connectivity index (χ0n) is 11.1. The normalized spacial score (nSPS) is 24.5. The molecular weight excluding hydrogens is 265 g/mol. The maximum Gasteiger partial charge on any atom is 0.0595 e. The number of rotatable bonds is 3. The molecule has 100 valence electrons. The third-order valence-corrected chi connectivity index (χ3v) is 4.62. The standard InChI is InChI=1S/C15H21Cl2N/c1-18(2)10-12-5-3-4-6-13(12)11-7-8-14(16)15(17)9-11/h7-9,12-13H,3-6,10H2,1-2H3/t12-,13?/m0/s1. The fourth-order valence-electron chi connectivity index (χ4n) is 3.08. The molecule has 1 aliphatic carbocycles. The van der Waals surface area contributed by atoms with Crippen molar-refractivity contribution < 1.29 is 0 Å². The average Bonchev–Trinajstić information content (AvgIpc) is 2.33. The number of halogens is 2. The Kier molecular flexibility index (Phi) is 4.94. The molecule has 1 aromatic carbocycles. The van der Waals surface area contributed by atoms with Crippen molar-refractivity contribution in [2.24, 2.45) is 5.92 Å². The molecule has 0 radical (unpaired) electrons. The third kappa shape index (κ3) is 3.40. The molecule has 0 bridgehead atoms. The van der Waals surface area contributed by atoms with Gasteiger partial charge in [0.15, 0.2) is 0 Å². The van der Waals surface area contributed by atoms with Gasteiger partial charge in [0, 0.05) is 6.54 Å². The highest BCUT2D eigenvalue weighted by atomic mass is 35.5. The Bertz CT molecular complexity index is 403. The maximum atomic E-state index is 6.14. The Labute approximate surface area is 120 Å². The average molecular weight is 286 g/mol. The van der Waals surface area contributed by atoms with Gasteiger partial charge in [0.1, 0.15) is 0 Å². The topological polar surface area (TPSA) is 3.24 Å². The third-order valence-electron chi connectivity index (χ3n) is 3.88. The molecule has 0 N–H and O–H groups in total. The summed E-state index contributed by atoms with van der Waals surface area (Å²) in [6, 6.07) is 6.13. The van der Waals surface area contributed by atoms with Gasteiger partial charge in [-0.05, 0) is 56.5 Å². The van der Waals surface area contributed by atoms with Crippen molar-refractivity contribution in [3.63, 3.8) is 0 Å². The highest BCUT2D eigenvalue weighted by molar-refractivity contribution is 6.42. The summed E-state index contributed by atoms with van der Waals surface area (Å²) in [6.45, 7) is 1.16. The van der Waals surface area contributed by atoms with E-state index in [4.69, 9.17) is 23.2 Å². The van der Waals surface area contributed by atoms with E-state index in [1.54, 1.807) is 0 Å². The number of hydrogen-bond donors (Lipinski definition) is 0. The van der Waals surface area contributed by atoms with Gasteiger partial charge in [-0.15, -0.1) is 0 Å². The van der Waals surface area contributed by atoms with Crippen molar-refractivity contribution in [3.05, 3.63) is 33.8 Å². The van der Waals surface area contributed by atoms with Crippen molar-refractivity contribution in [2.75, 3.05) is 20.6 Å². The van der Waals surface area contributed by atoms with Crippen LogP contribution in [0.3, 0.4) is 0 Å². The first-order valence-electron chi connectivity index (χ1n) is 6.67. The van der Waals surface area contributed by atoms with E-state index in [1.807, 2.05) is 6.07 Å². The van der Waals surface area contributed by atoms with Crippen LogP contribution in [-0.4, -0.2) is 25.5 Å². The molecule has 0 spiro atoms. The van der Waals surface area contributed by atoms with Crippen LogP contribution in [0, 0.1) is 5.92 Å². The minimum atomic E-state index is 0.635. The van der Waals surface area contributed by atoms with E-state index in [1.165, 1.54) is 31.2 Å². The fraction of sp³-hybridized carbons (Fsp3) is 0.600. The fourth-order valence-corrected chi connectivity index (χ4v) is 3.38. The van der Waals surface area contributed by atoms with Crippen LogP contribution in [-0.2, 0) is 0 Å². The van der Waals surface area contributed by atoms with Crippen LogP contribution in [0.25, 0.3) is 0 Å². The highest BCUT2D eigenvalue weighted by Gasteiger charge is 2.27. The van der Waals surface area contributed by atoms with Crippen LogP contribution >= 0.6 is 23.2 Å². The number of nitrogens with zero attached hydrogens (tertiary/aromatic N) is 1. The largest absolute Gasteiger partial charge is 0.309 e. The summed E-state index contributed by atoms with van der Waals surface area (Å²) in [5, 5.41) is 1.34. The van der Waals surface area contributed by atoms with E-state index < -0.39 is 0 Å². The first kappa shape index (κ1) is 14.2. The second-order valence-corrected chi connectivity index (χ2v) is 6.40. The van der Waals surface area contributed by atoms with Gasteiger partial charge in [0.25, 0.3) is 0 Å². The summed E-state index contributed by atoms with van der Waals surface area (Å²) in [5.41, 5.74) is 1.36. The molecule has 1 aromatic rings. The Hall–Kier alpha value is -0.240. The van der Waals surface area contributed by atoms with Crippen molar-refractivity contribution in [3.8, 4) is 0 Å². The lowest BCUT2D eigenvalue weighted by Crippen LogP contribution is -2.28. The lowest BCUT2D eigenvalue weighted by atomic mass is 9.75. The van der Waals surface area contributed by atoms with Gasteiger partial charge in [-0.3, -0.25) is 0 Å². The predicted octanol–water partition coefficient (Wildman–Crippen LogP) is 4.83. The Balaban J connectivity index is 2.19. The quantitative estimate of drug-likeness (QED) is 0.769. The van der Waals surface area contributed by atoms with Crippen molar-refractivity contribution >= 4 is 23.2 Å². The molecule has 1 saturated carbocycles. The van der Waals surface area contributed by atoms with Gasteiger partial charge in [-0.2, -0.15) is 0 Å². The Morgan fingerprint density at radius 3 is 2.50 bits per heavy atom. The van der Waals surface area contributed by atoms with Gasteiger partial charge in [0.05, 0.1) is 10.0 Å². The maximum absolute atomic E-state index is 6.14. The molecular formula is C15H21Cl2N. The molecule has 0 aliphatic heterocycles. The first-order chi connectivity index (χ1) is 8.58. The summed E-state index contributed by atoms with van der Waals surface area (Å²) in [6.07, 6.45) is 5.28. The van der Waals surface area contributed by atoms with Crippen LogP contribution in [0.15, 0.2) is 18.2 Å². The first-order valence-corrected chi connectivity index (χ1v) is 7.43. The van der Waals surface area contributed by atoms with Crippen LogP contribution in [0.1, 0.15) is 37.2 Å². The second-order valence-electron chi connectivity index (χ2n) is 5.59. The van der Waals surface area contributed by atoms with Crippen molar-refractivity contribution in [1.82, 2.24) is 4.90 Å². The molecule has 2 atom stereocenters. The molecule has 3 heteroatoms. The molecule has 0 amide bonds. The molecule has 0 heterocycles. The van der Waals surface area contributed by atoms with Gasteiger partial charge in [-0.25, -0.2) is 0 Å². The molecule has 0 saturated heterocycles. The van der Waals surface area contributed by atoms with Gasteiger partial charge >= 0.3 is 0 Å². The SMILES string of the molecule is CN(C)C[C@@H]1CCCCC1c1ccc(Cl)c(Cl)c1. The minimum Gasteiger partial charge on any atom is -0.309 e. The van der Waals surface area contributed by atoms with E-state index in [-0.39, 0.29) is 0 Å². The number of hydrogen-bond acceptors (Lipinski definition) is 1. The van der Waals surface area contributed by atoms with E-state index >= 15 is 0 Å². The highest BCUT2D eigenvalue weighted by Crippen LogP contribution is 2.39. The Morgan fingerprint density at radius 1 is 1.11 bits per heavy atom. The zero-order chi connectivity index (χ0) is 13.1. The van der Waals surface area contributed by atoms with Crippen LogP contribution in [0.4, 0.5) is 0 Å². The van der Waals surface area contributed by atoms with E-state index in [0.29, 0.717) is 16.0 Å². The van der Waals surface area contributed by atoms with Crippen LogP contribution in [0.5, 0.6) is 0 Å². The van der Waals surface area contributed by atoms with Crippen molar-refractivity contribution in [2.45, 2.75) is 31.6 Å². The molecule has 2 rings (SSSR count). The smallest absolute Gasteiger partial charge is 0.0595 e. The second kappa shape index (κ2) is 6.27. The van der Waals surface area contributed by atoms with E-state index in [2.05, 4.69) is 31.1 Å². The van der Waals surface area contributed by atoms with Gasteiger partial charge in [0.2, 0.25) is 0 Å². The lowest BCUT2D eigenvalue weighted by Gasteiger charge is -2.34. The summed E-state index contributed by atoms with van der Waals surface area (Å²) < 4.78 is 0. The van der Waals surface area contributed by atoms with Gasteiger partial charge in [-0.1, -0.05) is 42.1 Å². The van der Waals surface area contributed by atoms with E-state index in [0.717, 1.165) is 12.5 Å². The molecule has 1 nitrogen and oxygen atoms in total. The molecule has 18 heavy (non-hydrogen) atoms. The van der Waals surface area contributed by atoms with Crippen LogP contribution < -0.4 is 0 Å². The summed E-state index contributed by atoms with van der Waals surface area (Å²) in [7, 11) is 4.31. The summed E-state index contributed by atoms with van der Waals surface area (Å²) in [5.74, 6) is 1.38. The summed E-state index contributed by atoms with van der Waals surface area (Å²) in [4.78, 5) is 2.29. The molecule has 1 aliphatic rings. The van der Waals surface area contributed by atoms with Crippen molar-refractivity contribution in [1.29, 1.82) is 0 Å². The van der Waals surface area contributed by atoms with E-state index in [9.17, 15) is 0 Å².